The van der Waals surface area contributed by atoms with Crippen LogP contribution < -0.4 is 5.32 Å². The van der Waals surface area contributed by atoms with E-state index in [1.165, 1.54) is 6.92 Å². The molecule has 0 aliphatic rings. The molecule has 1 atom stereocenters. The summed E-state index contributed by atoms with van der Waals surface area (Å²) in [5.41, 5.74) is 4.36. The zero-order valence-corrected chi connectivity index (χ0v) is 20.8. The van der Waals surface area contributed by atoms with E-state index in [2.05, 4.69) is 10.4 Å². The van der Waals surface area contributed by atoms with Crippen LogP contribution in [-0.4, -0.2) is 34.2 Å². The molecular weight excluding hydrogens is 470 g/mol. The molecule has 3 aromatic carbocycles. The highest BCUT2D eigenvalue weighted by molar-refractivity contribution is 5.96. The van der Waals surface area contributed by atoms with Crippen LogP contribution in [0.2, 0.25) is 0 Å². The first-order valence-corrected chi connectivity index (χ1v) is 11.8. The number of aryl methyl sites for hydroxylation is 1. The minimum absolute atomic E-state index is 0.175. The summed E-state index contributed by atoms with van der Waals surface area (Å²) in [6.07, 6.45) is -1.10. The van der Waals surface area contributed by atoms with Crippen molar-refractivity contribution in [3.63, 3.8) is 0 Å². The van der Waals surface area contributed by atoms with Crippen molar-refractivity contribution in [2.24, 2.45) is 0 Å². The quantitative estimate of drug-likeness (QED) is 0.333. The van der Waals surface area contributed by atoms with Crippen LogP contribution in [0.1, 0.15) is 41.6 Å². The Morgan fingerprint density at radius 1 is 0.946 bits per heavy atom. The maximum absolute atomic E-state index is 13.1. The molecule has 4 aromatic rings. The fourth-order valence-electron chi connectivity index (χ4n) is 3.91. The Morgan fingerprint density at radius 2 is 1.68 bits per heavy atom. The van der Waals surface area contributed by atoms with Crippen molar-refractivity contribution in [1.29, 1.82) is 0 Å². The van der Waals surface area contributed by atoms with E-state index in [1.54, 1.807) is 60.1 Å². The highest BCUT2D eigenvalue weighted by atomic mass is 16.5. The number of ether oxygens (including phenoxy) is 2. The summed E-state index contributed by atoms with van der Waals surface area (Å²) in [4.78, 5) is 37.3. The summed E-state index contributed by atoms with van der Waals surface area (Å²) in [5, 5.41) is 7.36. The number of rotatable bonds is 8. The molecule has 1 aromatic heterocycles. The van der Waals surface area contributed by atoms with Crippen LogP contribution in [-0.2, 0) is 19.1 Å². The SMILES string of the molecule is CCOC(=O)c1cc(-c2cccc(NC(=O)[C@H](OC(C)=O)c3ccccc3)c2)n(-c2ccccc2C)n1. The number of carbonyl (C=O) groups is 3. The van der Waals surface area contributed by atoms with Crippen LogP contribution in [0.5, 0.6) is 0 Å². The van der Waals surface area contributed by atoms with Crippen LogP contribution in [0.15, 0.2) is 84.9 Å². The molecule has 0 saturated heterocycles. The fourth-order valence-corrected chi connectivity index (χ4v) is 3.91. The number of hydrogen-bond donors (Lipinski definition) is 1. The molecule has 1 heterocycles. The lowest BCUT2D eigenvalue weighted by Gasteiger charge is -2.17. The molecule has 188 valence electrons. The van der Waals surface area contributed by atoms with Gasteiger partial charge >= 0.3 is 11.9 Å². The molecule has 4 rings (SSSR count). The van der Waals surface area contributed by atoms with E-state index < -0.39 is 23.9 Å². The number of carbonyl (C=O) groups excluding carboxylic acids is 3. The van der Waals surface area contributed by atoms with Crippen molar-refractivity contribution in [3.05, 3.63) is 102 Å². The molecule has 37 heavy (non-hydrogen) atoms. The topological polar surface area (TPSA) is 99.5 Å². The van der Waals surface area contributed by atoms with E-state index in [1.807, 2.05) is 43.3 Å². The fraction of sp³-hybridized carbons (Fsp3) is 0.172. The van der Waals surface area contributed by atoms with Gasteiger partial charge in [-0.2, -0.15) is 5.10 Å². The van der Waals surface area contributed by atoms with Crippen LogP contribution in [0.3, 0.4) is 0 Å². The normalized spacial score (nSPS) is 11.4. The highest BCUT2D eigenvalue weighted by Crippen LogP contribution is 2.29. The van der Waals surface area contributed by atoms with Gasteiger partial charge in [0, 0.05) is 23.7 Å². The van der Waals surface area contributed by atoms with Crippen molar-refractivity contribution >= 4 is 23.5 Å². The molecule has 0 spiro atoms. The lowest BCUT2D eigenvalue weighted by Crippen LogP contribution is -2.25. The van der Waals surface area contributed by atoms with Gasteiger partial charge in [-0.3, -0.25) is 9.59 Å². The second-order valence-electron chi connectivity index (χ2n) is 8.30. The summed E-state index contributed by atoms with van der Waals surface area (Å²) < 4.78 is 12.2. The number of nitrogens with one attached hydrogen (secondary N) is 1. The lowest BCUT2D eigenvalue weighted by atomic mass is 10.1. The van der Waals surface area contributed by atoms with Crippen LogP contribution in [0.4, 0.5) is 5.69 Å². The number of nitrogens with zero attached hydrogens (tertiary/aromatic N) is 2. The summed E-state index contributed by atoms with van der Waals surface area (Å²) in [7, 11) is 0. The highest BCUT2D eigenvalue weighted by Gasteiger charge is 2.24. The number of para-hydroxylation sites is 1. The molecule has 8 heteroatoms. The van der Waals surface area contributed by atoms with Crippen molar-refractivity contribution in [1.82, 2.24) is 9.78 Å². The predicted molar refractivity (Wildman–Crippen MR) is 139 cm³/mol. The van der Waals surface area contributed by atoms with Gasteiger partial charge in [-0.1, -0.05) is 60.7 Å². The van der Waals surface area contributed by atoms with Gasteiger partial charge in [0.1, 0.15) is 0 Å². The molecule has 0 unspecified atom stereocenters. The van der Waals surface area contributed by atoms with E-state index in [4.69, 9.17) is 9.47 Å². The van der Waals surface area contributed by atoms with Gasteiger partial charge in [0.05, 0.1) is 18.0 Å². The zero-order chi connectivity index (χ0) is 26.4. The monoisotopic (exact) mass is 497 g/mol. The number of esters is 2. The first-order valence-electron chi connectivity index (χ1n) is 11.8. The molecule has 1 N–H and O–H groups in total. The van der Waals surface area contributed by atoms with Gasteiger partial charge in [0.2, 0.25) is 6.10 Å². The summed E-state index contributed by atoms with van der Waals surface area (Å²) >= 11 is 0. The second-order valence-corrected chi connectivity index (χ2v) is 8.30. The van der Waals surface area contributed by atoms with E-state index in [0.717, 1.165) is 11.3 Å². The summed E-state index contributed by atoms with van der Waals surface area (Å²) in [6, 6.07) is 25.3. The van der Waals surface area contributed by atoms with Crippen LogP contribution >= 0.6 is 0 Å². The average Bonchev–Trinajstić information content (AvgIpc) is 3.34. The van der Waals surface area contributed by atoms with Gasteiger partial charge in [-0.05, 0) is 43.7 Å². The summed E-state index contributed by atoms with van der Waals surface area (Å²) in [6.45, 7) is 5.19. The smallest absolute Gasteiger partial charge is 0.358 e. The Labute approximate surface area is 214 Å². The Kier molecular flexibility index (Phi) is 7.78. The Morgan fingerprint density at radius 3 is 2.38 bits per heavy atom. The van der Waals surface area contributed by atoms with E-state index in [9.17, 15) is 14.4 Å². The average molecular weight is 498 g/mol. The van der Waals surface area contributed by atoms with E-state index in [-0.39, 0.29) is 12.3 Å². The lowest BCUT2D eigenvalue weighted by molar-refractivity contribution is -0.152. The van der Waals surface area contributed by atoms with Gasteiger partial charge in [0.15, 0.2) is 5.69 Å². The minimum atomic E-state index is -1.10. The van der Waals surface area contributed by atoms with Crippen molar-refractivity contribution in [2.45, 2.75) is 26.9 Å². The van der Waals surface area contributed by atoms with Gasteiger partial charge in [-0.15, -0.1) is 0 Å². The second kappa shape index (κ2) is 11.3. The van der Waals surface area contributed by atoms with Gasteiger partial charge < -0.3 is 14.8 Å². The van der Waals surface area contributed by atoms with Crippen molar-refractivity contribution < 1.29 is 23.9 Å². The zero-order valence-electron chi connectivity index (χ0n) is 20.8. The third-order valence-electron chi connectivity index (χ3n) is 5.59. The Hall–Kier alpha value is -4.72. The number of hydrogen-bond acceptors (Lipinski definition) is 6. The first-order chi connectivity index (χ1) is 17.9. The molecular formula is C29H27N3O5. The molecule has 0 bridgehead atoms. The van der Waals surface area contributed by atoms with Gasteiger partial charge in [-0.25, -0.2) is 9.48 Å². The minimum Gasteiger partial charge on any atom is -0.461 e. The standard InChI is InChI=1S/C29H27N3O5/c1-4-36-29(35)24-18-26(32(31-24)25-16-9-8-11-19(25)2)22-14-10-15-23(17-22)30-28(34)27(37-20(3)33)21-12-6-5-7-13-21/h5-18,27H,4H2,1-3H3,(H,30,34)/t27-/m1/s1. The number of amides is 1. The number of aromatic nitrogens is 2. The summed E-state index contributed by atoms with van der Waals surface area (Å²) in [5.74, 6) is -1.57. The van der Waals surface area contributed by atoms with E-state index >= 15 is 0 Å². The molecule has 0 fully saturated rings. The van der Waals surface area contributed by atoms with E-state index in [0.29, 0.717) is 22.5 Å². The molecule has 8 nitrogen and oxygen atoms in total. The maximum atomic E-state index is 13.1. The Bertz CT molecular complexity index is 1430. The first kappa shape index (κ1) is 25.4. The van der Waals surface area contributed by atoms with Crippen LogP contribution in [0.25, 0.3) is 16.9 Å². The van der Waals surface area contributed by atoms with Crippen molar-refractivity contribution in [3.8, 4) is 16.9 Å². The molecule has 0 aliphatic heterocycles. The molecule has 0 radical (unpaired) electrons. The molecule has 0 aliphatic carbocycles. The predicted octanol–water partition coefficient (Wildman–Crippen LogP) is 5.27. The number of anilines is 1. The number of benzene rings is 3. The van der Waals surface area contributed by atoms with Gasteiger partial charge in [0.25, 0.3) is 5.91 Å². The largest absolute Gasteiger partial charge is 0.461 e. The maximum Gasteiger partial charge on any atom is 0.358 e. The van der Waals surface area contributed by atoms with Crippen LogP contribution in [0, 0.1) is 6.92 Å². The Balaban J connectivity index is 1.70. The molecule has 1 amide bonds. The molecule has 0 saturated carbocycles. The van der Waals surface area contributed by atoms with Crippen molar-refractivity contribution in [2.75, 3.05) is 11.9 Å². The third-order valence-corrected chi connectivity index (χ3v) is 5.59. The third kappa shape index (κ3) is 5.92.